The molecule has 5 aromatic rings. The van der Waals surface area contributed by atoms with Gasteiger partial charge >= 0.3 is 0 Å². The number of thiazole rings is 1. The Labute approximate surface area is 169 Å². The first-order chi connectivity index (χ1) is 13.7. The number of fused-ring (bicyclic) bond motifs is 2. The van der Waals surface area contributed by atoms with Crippen molar-refractivity contribution in [2.24, 2.45) is 0 Å². The predicted molar refractivity (Wildman–Crippen MR) is 113 cm³/mol. The molecule has 0 atom stereocenters. The van der Waals surface area contributed by atoms with Gasteiger partial charge in [-0.25, -0.2) is 9.97 Å². The molecule has 0 radical (unpaired) electrons. The van der Waals surface area contributed by atoms with Crippen molar-refractivity contribution >= 4 is 49.8 Å². The molecule has 0 fully saturated rings. The lowest BCUT2D eigenvalue weighted by Crippen LogP contribution is -2.11. The molecule has 5 nitrogen and oxygen atoms in total. The highest BCUT2D eigenvalue weighted by Gasteiger charge is 2.12. The Bertz CT molecular complexity index is 1330. The number of halogens is 1. The maximum atomic E-state index is 12.7. The summed E-state index contributed by atoms with van der Waals surface area (Å²) in [6.45, 7) is 0. The molecule has 5 rings (SSSR count). The van der Waals surface area contributed by atoms with E-state index in [0.717, 1.165) is 21.5 Å². The van der Waals surface area contributed by atoms with E-state index in [1.165, 1.54) is 11.3 Å². The van der Waals surface area contributed by atoms with Crippen LogP contribution in [0, 0.1) is 0 Å². The number of nitrogens with zero attached hydrogens (tertiary/aromatic N) is 3. The van der Waals surface area contributed by atoms with Gasteiger partial charge in [0.25, 0.3) is 5.91 Å². The van der Waals surface area contributed by atoms with Crippen LogP contribution < -0.4 is 5.32 Å². The van der Waals surface area contributed by atoms with E-state index in [1.807, 2.05) is 59.3 Å². The molecule has 0 saturated heterocycles. The van der Waals surface area contributed by atoms with Gasteiger partial charge < -0.3 is 4.40 Å². The van der Waals surface area contributed by atoms with E-state index in [0.29, 0.717) is 21.4 Å². The zero-order valence-corrected chi connectivity index (χ0v) is 16.0. The van der Waals surface area contributed by atoms with Gasteiger partial charge in [0.05, 0.1) is 15.9 Å². The monoisotopic (exact) mass is 404 g/mol. The standard InChI is InChI=1S/C21H13ClN4OS/c22-15-6-7-16-18(11-15)28-21(24-16)25-20(27)14-8-9-26-12-17(23-19(26)10-14)13-4-2-1-3-5-13/h1-12H,(H,24,25,27). The van der Waals surface area contributed by atoms with E-state index in [-0.39, 0.29) is 5.91 Å². The quantitative estimate of drug-likeness (QED) is 0.431. The summed E-state index contributed by atoms with van der Waals surface area (Å²) in [7, 11) is 0. The summed E-state index contributed by atoms with van der Waals surface area (Å²) in [6, 6.07) is 18.9. The van der Waals surface area contributed by atoms with E-state index >= 15 is 0 Å². The third-order valence-electron chi connectivity index (χ3n) is 4.36. The number of carbonyl (C=O) groups excluding carboxylic acids is 1. The molecule has 3 heterocycles. The average Bonchev–Trinajstić information content (AvgIpc) is 3.31. The van der Waals surface area contributed by atoms with Crippen molar-refractivity contribution in [2.75, 3.05) is 5.32 Å². The Morgan fingerprint density at radius 3 is 2.75 bits per heavy atom. The maximum absolute atomic E-state index is 12.7. The average molecular weight is 405 g/mol. The summed E-state index contributed by atoms with van der Waals surface area (Å²) in [6.07, 6.45) is 3.78. The second-order valence-electron chi connectivity index (χ2n) is 6.26. The van der Waals surface area contributed by atoms with Crippen LogP contribution in [0.3, 0.4) is 0 Å². The molecule has 7 heteroatoms. The van der Waals surface area contributed by atoms with Crippen molar-refractivity contribution in [1.29, 1.82) is 0 Å². The Hall–Kier alpha value is -3.22. The van der Waals surface area contributed by atoms with E-state index in [1.54, 1.807) is 18.2 Å². The summed E-state index contributed by atoms with van der Waals surface area (Å²) in [5.74, 6) is -0.225. The molecule has 136 valence electrons. The second kappa shape index (κ2) is 6.74. The first-order valence-electron chi connectivity index (χ1n) is 8.57. The van der Waals surface area contributed by atoms with Gasteiger partial charge in [-0.15, -0.1) is 0 Å². The number of aromatic nitrogens is 3. The van der Waals surface area contributed by atoms with Crippen LogP contribution in [0.25, 0.3) is 27.1 Å². The van der Waals surface area contributed by atoms with Gasteiger partial charge in [-0.1, -0.05) is 53.3 Å². The minimum absolute atomic E-state index is 0.225. The van der Waals surface area contributed by atoms with Crippen LogP contribution in [0.5, 0.6) is 0 Å². The highest BCUT2D eigenvalue weighted by Crippen LogP contribution is 2.28. The van der Waals surface area contributed by atoms with E-state index in [2.05, 4.69) is 15.3 Å². The summed E-state index contributed by atoms with van der Waals surface area (Å²) in [4.78, 5) is 21.7. The molecule has 0 spiro atoms. The molecule has 0 aliphatic heterocycles. The fourth-order valence-electron chi connectivity index (χ4n) is 2.99. The molecule has 2 aromatic carbocycles. The SMILES string of the molecule is O=C(Nc1nc2ccc(Cl)cc2s1)c1ccn2cc(-c3ccccc3)nc2c1. The first-order valence-corrected chi connectivity index (χ1v) is 9.77. The maximum Gasteiger partial charge on any atom is 0.257 e. The molecule has 0 bridgehead atoms. The van der Waals surface area contributed by atoms with Crippen molar-refractivity contribution in [3.8, 4) is 11.3 Å². The van der Waals surface area contributed by atoms with Crippen molar-refractivity contribution in [2.45, 2.75) is 0 Å². The summed E-state index contributed by atoms with van der Waals surface area (Å²) in [5.41, 5.74) is 3.94. The number of hydrogen-bond donors (Lipinski definition) is 1. The number of carbonyl (C=O) groups is 1. The van der Waals surface area contributed by atoms with Gasteiger partial charge in [-0.05, 0) is 30.3 Å². The van der Waals surface area contributed by atoms with Crippen LogP contribution >= 0.6 is 22.9 Å². The van der Waals surface area contributed by atoms with Crippen molar-refractivity contribution in [3.05, 3.63) is 83.6 Å². The summed E-state index contributed by atoms with van der Waals surface area (Å²) < 4.78 is 2.83. The lowest BCUT2D eigenvalue weighted by Gasteiger charge is -2.02. The van der Waals surface area contributed by atoms with Gasteiger partial charge in [0.2, 0.25) is 0 Å². The van der Waals surface area contributed by atoms with Gasteiger partial charge in [0.1, 0.15) is 5.65 Å². The number of benzene rings is 2. The topological polar surface area (TPSA) is 59.3 Å². The van der Waals surface area contributed by atoms with E-state index in [9.17, 15) is 4.79 Å². The van der Waals surface area contributed by atoms with Crippen LogP contribution in [0.1, 0.15) is 10.4 Å². The fourth-order valence-corrected chi connectivity index (χ4v) is 4.13. The molecular formula is C21H13ClN4OS. The summed E-state index contributed by atoms with van der Waals surface area (Å²) in [5, 5.41) is 4.04. The van der Waals surface area contributed by atoms with E-state index < -0.39 is 0 Å². The molecule has 1 N–H and O–H groups in total. The van der Waals surface area contributed by atoms with Gasteiger partial charge in [0, 0.05) is 28.5 Å². The van der Waals surface area contributed by atoms with Crippen molar-refractivity contribution < 1.29 is 4.79 Å². The number of nitrogens with one attached hydrogen (secondary N) is 1. The van der Waals surface area contributed by atoms with Gasteiger partial charge in [-0.3, -0.25) is 10.1 Å². The number of amides is 1. The molecular weight excluding hydrogens is 392 g/mol. The molecule has 28 heavy (non-hydrogen) atoms. The summed E-state index contributed by atoms with van der Waals surface area (Å²) >= 11 is 7.40. The Morgan fingerprint density at radius 2 is 1.89 bits per heavy atom. The number of hydrogen-bond acceptors (Lipinski definition) is 4. The fraction of sp³-hybridized carbons (Fsp3) is 0. The molecule has 1 amide bonds. The highest BCUT2D eigenvalue weighted by molar-refractivity contribution is 7.22. The molecule has 0 unspecified atom stereocenters. The number of rotatable bonds is 3. The highest BCUT2D eigenvalue weighted by atomic mass is 35.5. The molecule has 0 aliphatic carbocycles. The van der Waals surface area contributed by atoms with Crippen LogP contribution in [0.2, 0.25) is 5.02 Å². The van der Waals surface area contributed by atoms with Crippen LogP contribution in [0.4, 0.5) is 5.13 Å². The van der Waals surface area contributed by atoms with Crippen LogP contribution in [-0.4, -0.2) is 20.3 Å². The lowest BCUT2D eigenvalue weighted by molar-refractivity contribution is 0.102. The van der Waals surface area contributed by atoms with Crippen molar-refractivity contribution in [3.63, 3.8) is 0 Å². The minimum atomic E-state index is -0.225. The third-order valence-corrected chi connectivity index (χ3v) is 5.53. The smallest absolute Gasteiger partial charge is 0.257 e. The van der Waals surface area contributed by atoms with Crippen LogP contribution in [0.15, 0.2) is 73.1 Å². The number of pyridine rings is 1. The Kier molecular flexibility index (Phi) is 4.07. The third kappa shape index (κ3) is 3.13. The van der Waals surface area contributed by atoms with Crippen molar-refractivity contribution in [1.82, 2.24) is 14.4 Å². The Balaban J connectivity index is 1.43. The molecule has 3 aromatic heterocycles. The zero-order chi connectivity index (χ0) is 19.1. The minimum Gasteiger partial charge on any atom is -0.306 e. The normalized spacial score (nSPS) is 11.2. The molecule has 0 saturated carbocycles. The first kappa shape index (κ1) is 16.9. The van der Waals surface area contributed by atoms with Gasteiger partial charge in [0.15, 0.2) is 5.13 Å². The van der Waals surface area contributed by atoms with Gasteiger partial charge in [-0.2, -0.15) is 0 Å². The van der Waals surface area contributed by atoms with E-state index in [4.69, 9.17) is 11.6 Å². The number of anilines is 1. The largest absolute Gasteiger partial charge is 0.306 e. The Morgan fingerprint density at radius 1 is 1.04 bits per heavy atom. The second-order valence-corrected chi connectivity index (χ2v) is 7.73. The lowest BCUT2D eigenvalue weighted by atomic mass is 10.2. The molecule has 0 aliphatic rings. The zero-order valence-electron chi connectivity index (χ0n) is 14.5. The number of imidazole rings is 1. The predicted octanol–water partition coefficient (Wildman–Crippen LogP) is 5.52. The van der Waals surface area contributed by atoms with Crippen LogP contribution in [-0.2, 0) is 0 Å².